The number of carbonyl (C=O) groups is 1. The van der Waals surface area contributed by atoms with Gasteiger partial charge >= 0.3 is 0 Å². The van der Waals surface area contributed by atoms with Crippen LogP contribution in [-0.2, 0) is 0 Å². The number of methoxy groups -OCH3 is 2. The quantitative estimate of drug-likeness (QED) is 0.842. The molecule has 5 nitrogen and oxygen atoms in total. The molecule has 1 aliphatic heterocycles. The molecule has 3 atom stereocenters. The van der Waals surface area contributed by atoms with Crippen molar-refractivity contribution in [3.8, 4) is 11.5 Å². The van der Waals surface area contributed by atoms with E-state index in [-0.39, 0.29) is 17.9 Å². The minimum Gasteiger partial charge on any atom is -0.497 e. The van der Waals surface area contributed by atoms with Crippen LogP contribution in [0.25, 0.3) is 0 Å². The Morgan fingerprint density at radius 1 is 1.03 bits per heavy atom. The zero-order valence-electron chi connectivity index (χ0n) is 17.1. The lowest BCUT2D eigenvalue weighted by molar-refractivity contribution is -0.115. The molecule has 4 rings (SSSR count). The Morgan fingerprint density at radius 2 is 1.79 bits per heavy atom. The molecule has 0 radical (unpaired) electrons. The average Bonchev–Trinajstić information content (AvgIpc) is 2.77. The maximum absolute atomic E-state index is 13.6. The van der Waals surface area contributed by atoms with Gasteiger partial charge in [0.1, 0.15) is 11.5 Å². The second kappa shape index (κ2) is 8.07. The zero-order valence-corrected chi connectivity index (χ0v) is 17.1. The molecule has 2 aromatic rings. The summed E-state index contributed by atoms with van der Waals surface area (Å²) >= 11 is 0. The number of ether oxygens (including phenoxy) is 2. The van der Waals surface area contributed by atoms with Crippen LogP contribution in [0.3, 0.4) is 0 Å². The second-order valence-corrected chi connectivity index (χ2v) is 8.12. The van der Waals surface area contributed by atoms with Gasteiger partial charge in [0.05, 0.1) is 31.4 Å². The van der Waals surface area contributed by atoms with Crippen molar-refractivity contribution in [1.29, 1.82) is 0 Å². The predicted octanol–water partition coefficient (Wildman–Crippen LogP) is 4.21. The molecule has 0 aromatic heterocycles. The molecule has 2 fully saturated rings. The Kier molecular flexibility index (Phi) is 5.50. The van der Waals surface area contributed by atoms with E-state index in [4.69, 9.17) is 9.47 Å². The Balaban J connectivity index is 1.75. The van der Waals surface area contributed by atoms with Gasteiger partial charge in [0.25, 0.3) is 5.91 Å². The van der Waals surface area contributed by atoms with E-state index in [1.165, 1.54) is 0 Å². The first-order valence-electron chi connectivity index (χ1n) is 10.4. The van der Waals surface area contributed by atoms with Crippen LogP contribution >= 0.6 is 0 Å². The van der Waals surface area contributed by atoms with E-state index in [1.54, 1.807) is 14.2 Å². The lowest BCUT2D eigenvalue weighted by Crippen LogP contribution is -2.56. The number of rotatable bonds is 4. The Bertz CT molecular complexity index is 865. The molecule has 1 amide bonds. The second-order valence-electron chi connectivity index (χ2n) is 8.12. The molecule has 2 aromatic carbocycles. The van der Waals surface area contributed by atoms with Crippen molar-refractivity contribution in [2.24, 2.45) is 5.92 Å². The molecular weight excluding hydrogens is 366 g/mol. The summed E-state index contributed by atoms with van der Waals surface area (Å²) in [5.41, 5.74) is 0.897. The largest absolute Gasteiger partial charge is 0.497 e. The SMILES string of the molecule is COc1ccc([C@H]2[C@H]3CCCC[C@@]3(O)CCN2C(=O)c2ccccc2OC)cc1. The molecule has 0 unspecified atom stereocenters. The Hall–Kier alpha value is -2.53. The van der Waals surface area contributed by atoms with E-state index in [0.717, 1.165) is 37.0 Å². The molecule has 29 heavy (non-hydrogen) atoms. The monoisotopic (exact) mass is 395 g/mol. The third-order valence-corrected chi connectivity index (χ3v) is 6.62. The van der Waals surface area contributed by atoms with Crippen LogP contribution in [0.2, 0.25) is 0 Å². The number of para-hydroxylation sites is 1. The fraction of sp³-hybridized carbons (Fsp3) is 0.458. The number of fused-ring (bicyclic) bond motifs is 1. The number of amides is 1. The molecule has 1 aliphatic carbocycles. The maximum atomic E-state index is 13.6. The summed E-state index contributed by atoms with van der Waals surface area (Å²) in [4.78, 5) is 15.5. The van der Waals surface area contributed by atoms with Gasteiger partial charge in [-0.1, -0.05) is 37.1 Å². The van der Waals surface area contributed by atoms with Gasteiger partial charge in [-0.25, -0.2) is 0 Å². The molecular formula is C24H29NO4. The van der Waals surface area contributed by atoms with Crippen LogP contribution in [0.4, 0.5) is 0 Å². The highest BCUT2D eigenvalue weighted by Gasteiger charge is 2.50. The minimum atomic E-state index is -0.708. The fourth-order valence-corrected chi connectivity index (χ4v) is 5.10. The van der Waals surface area contributed by atoms with Gasteiger partial charge in [-0.05, 0) is 49.1 Å². The summed E-state index contributed by atoms with van der Waals surface area (Å²) < 4.78 is 10.8. The number of piperidine rings is 1. The van der Waals surface area contributed by atoms with Crippen molar-refractivity contribution >= 4 is 5.91 Å². The molecule has 1 heterocycles. The van der Waals surface area contributed by atoms with Gasteiger partial charge in [0.15, 0.2) is 0 Å². The van der Waals surface area contributed by atoms with Crippen molar-refractivity contribution < 1.29 is 19.4 Å². The number of benzene rings is 2. The Morgan fingerprint density at radius 3 is 2.52 bits per heavy atom. The first kappa shape index (κ1) is 19.8. The summed E-state index contributed by atoms with van der Waals surface area (Å²) in [6.07, 6.45) is 4.47. The topological polar surface area (TPSA) is 59.0 Å². The predicted molar refractivity (Wildman–Crippen MR) is 111 cm³/mol. The lowest BCUT2D eigenvalue weighted by atomic mass is 9.66. The first-order chi connectivity index (χ1) is 14.1. The molecule has 0 spiro atoms. The molecule has 0 bridgehead atoms. The summed E-state index contributed by atoms with van der Waals surface area (Å²) in [5, 5.41) is 11.4. The summed E-state index contributed by atoms with van der Waals surface area (Å²) in [6.45, 7) is 0.528. The number of likely N-dealkylation sites (tertiary alicyclic amines) is 1. The highest BCUT2D eigenvalue weighted by molar-refractivity contribution is 5.97. The van der Waals surface area contributed by atoms with Crippen LogP contribution in [-0.4, -0.2) is 42.3 Å². The highest BCUT2D eigenvalue weighted by atomic mass is 16.5. The van der Waals surface area contributed by atoms with Gasteiger partial charge in [0.2, 0.25) is 0 Å². The molecule has 1 saturated carbocycles. The Labute approximate surface area is 172 Å². The molecule has 5 heteroatoms. The van der Waals surface area contributed by atoms with Crippen molar-refractivity contribution in [2.75, 3.05) is 20.8 Å². The molecule has 1 saturated heterocycles. The first-order valence-corrected chi connectivity index (χ1v) is 10.4. The van der Waals surface area contributed by atoms with E-state index in [2.05, 4.69) is 0 Å². The minimum absolute atomic E-state index is 0.0250. The summed E-state index contributed by atoms with van der Waals surface area (Å²) in [7, 11) is 3.23. The van der Waals surface area contributed by atoms with E-state index < -0.39 is 5.60 Å². The van der Waals surface area contributed by atoms with Gasteiger partial charge < -0.3 is 19.5 Å². The third kappa shape index (κ3) is 3.60. The van der Waals surface area contributed by atoms with Crippen LogP contribution in [0.1, 0.15) is 54.1 Å². The summed E-state index contributed by atoms with van der Waals surface area (Å²) in [5.74, 6) is 1.34. The van der Waals surface area contributed by atoms with Crippen LogP contribution in [0.15, 0.2) is 48.5 Å². The van der Waals surface area contributed by atoms with Crippen molar-refractivity contribution in [1.82, 2.24) is 4.90 Å². The smallest absolute Gasteiger partial charge is 0.258 e. The van der Waals surface area contributed by atoms with Gasteiger partial charge in [-0.15, -0.1) is 0 Å². The third-order valence-electron chi connectivity index (χ3n) is 6.62. The van der Waals surface area contributed by atoms with E-state index in [0.29, 0.717) is 24.3 Å². The van der Waals surface area contributed by atoms with Crippen molar-refractivity contribution in [3.05, 3.63) is 59.7 Å². The standard InChI is InChI=1S/C24H29NO4/c1-28-18-12-10-17(11-13-18)22-20-8-5-6-14-24(20,27)15-16-25(22)23(26)19-7-3-4-9-21(19)29-2/h3-4,7,9-13,20,22,27H,5-6,8,14-16H2,1-2H3/t20-,22+,24-/m1/s1. The number of carbonyl (C=O) groups excluding carboxylic acids is 1. The van der Waals surface area contributed by atoms with Gasteiger partial charge in [0, 0.05) is 12.5 Å². The van der Waals surface area contributed by atoms with Crippen molar-refractivity contribution in [3.63, 3.8) is 0 Å². The van der Waals surface area contributed by atoms with E-state index in [1.807, 2.05) is 53.4 Å². The number of nitrogens with zero attached hydrogens (tertiary/aromatic N) is 1. The molecule has 2 aliphatic rings. The molecule has 1 N–H and O–H groups in total. The van der Waals surface area contributed by atoms with Crippen LogP contribution in [0, 0.1) is 5.92 Å². The molecule has 154 valence electrons. The summed E-state index contributed by atoms with van der Waals surface area (Å²) in [6, 6.07) is 15.1. The van der Waals surface area contributed by atoms with Crippen LogP contribution in [0.5, 0.6) is 11.5 Å². The van der Waals surface area contributed by atoms with Crippen LogP contribution < -0.4 is 9.47 Å². The fourth-order valence-electron chi connectivity index (χ4n) is 5.10. The number of aliphatic hydroxyl groups is 1. The van der Waals surface area contributed by atoms with E-state index in [9.17, 15) is 9.90 Å². The maximum Gasteiger partial charge on any atom is 0.258 e. The van der Waals surface area contributed by atoms with Gasteiger partial charge in [-0.2, -0.15) is 0 Å². The zero-order chi connectivity index (χ0) is 20.4. The average molecular weight is 395 g/mol. The lowest BCUT2D eigenvalue weighted by Gasteiger charge is -2.52. The number of hydrogen-bond acceptors (Lipinski definition) is 4. The van der Waals surface area contributed by atoms with Gasteiger partial charge in [-0.3, -0.25) is 4.79 Å². The number of hydrogen-bond donors (Lipinski definition) is 1. The normalized spacial score (nSPS) is 26.5. The highest BCUT2D eigenvalue weighted by Crippen LogP contribution is 2.50. The van der Waals surface area contributed by atoms with E-state index >= 15 is 0 Å². The van der Waals surface area contributed by atoms with Crippen molar-refractivity contribution in [2.45, 2.75) is 43.7 Å².